The Labute approximate surface area is 207 Å². The number of thioether (sulfide) groups is 1. The van der Waals surface area contributed by atoms with Gasteiger partial charge in [-0.15, -0.1) is 11.8 Å². The minimum atomic E-state index is -0.799. The van der Waals surface area contributed by atoms with Crippen LogP contribution < -0.4 is 0 Å². The average Bonchev–Trinajstić information content (AvgIpc) is 2.84. The van der Waals surface area contributed by atoms with Crippen molar-refractivity contribution in [3.8, 4) is 0 Å². The van der Waals surface area contributed by atoms with Gasteiger partial charge in [0.05, 0.1) is 23.4 Å². The van der Waals surface area contributed by atoms with Crippen LogP contribution in [0.5, 0.6) is 0 Å². The van der Waals surface area contributed by atoms with E-state index >= 15 is 0 Å². The van der Waals surface area contributed by atoms with E-state index < -0.39 is 22.7 Å². The Morgan fingerprint density at radius 3 is 2.50 bits per heavy atom. The van der Waals surface area contributed by atoms with Crippen molar-refractivity contribution >= 4 is 17.7 Å². The van der Waals surface area contributed by atoms with Crippen molar-refractivity contribution in [1.82, 2.24) is 0 Å². The first-order chi connectivity index (χ1) is 16.3. The van der Waals surface area contributed by atoms with Crippen LogP contribution in [0, 0.1) is 11.8 Å². The number of aliphatic carboxylic acids is 1. The fraction of sp³-hybridized carbons (Fsp3) is 0.536. The maximum atomic E-state index is 11.6. The Hall–Kier alpha value is -1.86. The van der Waals surface area contributed by atoms with E-state index in [1.54, 1.807) is 18.7 Å². The highest BCUT2D eigenvalue weighted by Crippen LogP contribution is 2.51. The molecule has 34 heavy (non-hydrogen) atoms. The van der Waals surface area contributed by atoms with E-state index in [0.29, 0.717) is 18.8 Å². The lowest BCUT2D eigenvalue weighted by atomic mass is 9.77. The summed E-state index contributed by atoms with van der Waals surface area (Å²) < 4.78 is 11.3. The monoisotopic (exact) mass is 486 g/mol. The smallest absolute Gasteiger partial charge is 0.307 e. The molecule has 1 heterocycles. The summed E-state index contributed by atoms with van der Waals surface area (Å²) in [7, 11) is 0. The van der Waals surface area contributed by atoms with Crippen LogP contribution in [0.3, 0.4) is 0 Å². The average molecular weight is 487 g/mol. The molecule has 0 amide bonds. The predicted molar refractivity (Wildman–Crippen MR) is 137 cm³/mol. The first kappa shape index (κ1) is 26.7. The Balaban J connectivity index is 1.99. The molecule has 186 valence electrons. The number of ether oxygens (including phenoxy) is 2. The highest BCUT2D eigenvalue weighted by Gasteiger charge is 2.41. The molecule has 0 aliphatic carbocycles. The van der Waals surface area contributed by atoms with Crippen molar-refractivity contribution < 1.29 is 24.5 Å². The van der Waals surface area contributed by atoms with Gasteiger partial charge < -0.3 is 19.7 Å². The molecule has 1 saturated heterocycles. The molecule has 5 atom stereocenters. The van der Waals surface area contributed by atoms with Gasteiger partial charge in [0.25, 0.3) is 0 Å². The van der Waals surface area contributed by atoms with Crippen LogP contribution >= 0.6 is 11.8 Å². The standard InChI is InChI=1S/C28H38O5S/c1-20(27(30)31)19-34-28(21(2)16-22(3)29,24-11-5-4-6-12-24)25-13-9-10-23(17-25)18-33-26-14-7-8-15-32-26/h4-6,9-13,17,20-22,26,29H,7-8,14-16,18-19H2,1-3H3,(H,30,31). The van der Waals surface area contributed by atoms with Gasteiger partial charge in [0.15, 0.2) is 6.29 Å². The largest absolute Gasteiger partial charge is 0.481 e. The molecule has 1 aliphatic rings. The highest BCUT2D eigenvalue weighted by atomic mass is 32.2. The third kappa shape index (κ3) is 6.85. The third-order valence-corrected chi connectivity index (χ3v) is 8.50. The number of hydrogen-bond acceptors (Lipinski definition) is 5. The lowest BCUT2D eigenvalue weighted by Gasteiger charge is -2.41. The van der Waals surface area contributed by atoms with E-state index in [2.05, 4.69) is 37.3 Å². The predicted octanol–water partition coefficient (Wildman–Crippen LogP) is 5.83. The van der Waals surface area contributed by atoms with E-state index in [4.69, 9.17) is 9.47 Å². The second kappa shape index (κ2) is 12.7. The van der Waals surface area contributed by atoms with E-state index in [1.165, 1.54) is 0 Å². The van der Waals surface area contributed by atoms with Crippen LogP contribution in [0.15, 0.2) is 54.6 Å². The topological polar surface area (TPSA) is 76.0 Å². The summed E-state index contributed by atoms with van der Waals surface area (Å²) >= 11 is 1.66. The number of carboxylic acids is 1. The molecule has 3 rings (SSSR count). The van der Waals surface area contributed by atoms with Crippen LogP contribution in [-0.2, 0) is 25.6 Å². The SMILES string of the molecule is CC(O)CC(C)C(SCC(C)C(=O)O)(c1ccccc1)c1cccc(COC2CCCCO2)c1. The van der Waals surface area contributed by atoms with Gasteiger partial charge >= 0.3 is 5.97 Å². The van der Waals surface area contributed by atoms with Crippen molar-refractivity contribution in [1.29, 1.82) is 0 Å². The highest BCUT2D eigenvalue weighted by molar-refractivity contribution is 8.00. The Morgan fingerprint density at radius 2 is 1.85 bits per heavy atom. The summed E-state index contributed by atoms with van der Waals surface area (Å²) in [5.41, 5.74) is 3.27. The fourth-order valence-corrected chi connectivity index (χ4v) is 6.29. The molecule has 0 bridgehead atoms. The van der Waals surface area contributed by atoms with Crippen molar-refractivity contribution in [3.05, 3.63) is 71.3 Å². The van der Waals surface area contributed by atoms with Gasteiger partial charge in [-0.25, -0.2) is 0 Å². The molecule has 5 unspecified atom stereocenters. The number of hydrogen-bond donors (Lipinski definition) is 2. The quantitative estimate of drug-likeness (QED) is 0.393. The van der Waals surface area contributed by atoms with E-state index in [9.17, 15) is 15.0 Å². The molecule has 1 aliphatic heterocycles. The van der Waals surface area contributed by atoms with Crippen molar-refractivity contribution in [2.45, 2.75) is 70.2 Å². The van der Waals surface area contributed by atoms with Crippen molar-refractivity contribution in [3.63, 3.8) is 0 Å². The lowest BCUT2D eigenvalue weighted by molar-refractivity contribution is -0.168. The first-order valence-corrected chi connectivity index (χ1v) is 13.2. The molecule has 0 spiro atoms. The number of aliphatic hydroxyl groups excluding tert-OH is 1. The molecule has 1 fully saturated rings. The summed E-state index contributed by atoms with van der Waals surface area (Å²) in [5.74, 6) is -0.766. The second-order valence-electron chi connectivity index (χ2n) is 9.45. The molecule has 6 heteroatoms. The number of benzene rings is 2. The van der Waals surface area contributed by atoms with Gasteiger partial charge in [-0.2, -0.15) is 0 Å². The minimum Gasteiger partial charge on any atom is -0.481 e. The molecule has 0 aromatic heterocycles. The molecule has 5 nitrogen and oxygen atoms in total. The fourth-order valence-electron chi connectivity index (χ4n) is 4.66. The first-order valence-electron chi connectivity index (χ1n) is 12.3. The van der Waals surface area contributed by atoms with Crippen LogP contribution in [-0.4, -0.2) is 40.9 Å². The number of carboxylic acid groups (broad SMARTS) is 1. The van der Waals surface area contributed by atoms with Crippen molar-refractivity contribution in [2.75, 3.05) is 12.4 Å². The van der Waals surface area contributed by atoms with Gasteiger partial charge in [-0.05, 0) is 55.2 Å². The van der Waals surface area contributed by atoms with Crippen LogP contribution in [0.2, 0.25) is 0 Å². The zero-order valence-electron chi connectivity index (χ0n) is 20.5. The van der Waals surface area contributed by atoms with Gasteiger partial charge in [0, 0.05) is 12.4 Å². The van der Waals surface area contributed by atoms with Gasteiger partial charge in [0.1, 0.15) is 0 Å². The van der Waals surface area contributed by atoms with Gasteiger partial charge in [0.2, 0.25) is 0 Å². The van der Waals surface area contributed by atoms with Gasteiger partial charge in [-0.1, -0.05) is 68.4 Å². The number of carbonyl (C=O) groups is 1. The summed E-state index contributed by atoms with van der Waals surface area (Å²) in [6.07, 6.45) is 3.10. The summed E-state index contributed by atoms with van der Waals surface area (Å²) in [4.78, 5) is 11.6. The summed E-state index contributed by atoms with van der Waals surface area (Å²) in [5, 5.41) is 19.9. The zero-order valence-corrected chi connectivity index (χ0v) is 21.3. The molecule has 2 N–H and O–H groups in total. The van der Waals surface area contributed by atoms with Crippen molar-refractivity contribution in [2.24, 2.45) is 11.8 Å². The van der Waals surface area contributed by atoms with E-state index in [0.717, 1.165) is 42.6 Å². The Bertz CT molecular complexity index is 897. The van der Waals surface area contributed by atoms with Crippen LogP contribution in [0.4, 0.5) is 0 Å². The Kier molecular flexibility index (Phi) is 10.0. The third-order valence-electron chi connectivity index (χ3n) is 6.50. The molecule has 0 saturated carbocycles. The number of aliphatic hydroxyl groups is 1. The van der Waals surface area contributed by atoms with E-state index in [-0.39, 0.29) is 12.2 Å². The number of rotatable bonds is 12. The molecular formula is C28H38O5S. The molecular weight excluding hydrogens is 448 g/mol. The summed E-state index contributed by atoms with van der Waals surface area (Å²) in [6, 6.07) is 18.6. The van der Waals surface area contributed by atoms with E-state index in [1.807, 2.05) is 31.2 Å². The maximum Gasteiger partial charge on any atom is 0.307 e. The van der Waals surface area contributed by atoms with Gasteiger partial charge in [-0.3, -0.25) is 4.79 Å². The lowest BCUT2D eigenvalue weighted by Crippen LogP contribution is -2.35. The minimum absolute atomic E-state index is 0.0544. The van der Waals surface area contributed by atoms with Crippen LogP contribution in [0.25, 0.3) is 0 Å². The van der Waals surface area contributed by atoms with Crippen LogP contribution in [0.1, 0.15) is 63.1 Å². The zero-order chi connectivity index (χ0) is 24.6. The molecule has 2 aromatic carbocycles. The second-order valence-corrected chi connectivity index (χ2v) is 10.7. The summed E-state index contributed by atoms with van der Waals surface area (Å²) in [6.45, 7) is 6.92. The molecule has 0 radical (unpaired) electrons. The maximum absolute atomic E-state index is 11.6. The molecule has 2 aromatic rings. The normalized spacial score (nSPS) is 20.8. The Morgan fingerprint density at radius 1 is 1.12 bits per heavy atom.